The number of aliphatic hydroxyl groups excluding tert-OH is 2. The van der Waals surface area contributed by atoms with Gasteiger partial charge in [-0.3, -0.25) is 0 Å². The Morgan fingerprint density at radius 3 is 2.20 bits per heavy atom. The van der Waals surface area contributed by atoms with Crippen LogP contribution in [0.15, 0.2) is 24.5 Å². The number of hydrogen-bond acceptors (Lipinski definition) is 3. The molecule has 5 aliphatic rings. The average Bonchev–Trinajstić information content (AvgIpc) is 3.23. The highest BCUT2D eigenvalue weighted by Gasteiger charge is 2.71. The molecule has 0 aromatic rings. The summed E-state index contributed by atoms with van der Waals surface area (Å²) in [6, 6.07) is 0. The number of aliphatic hydroxyl groups is 2. The van der Waals surface area contributed by atoms with Crippen molar-refractivity contribution in [1.82, 2.24) is 0 Å². The van der Waals surface area contributed by atoms with Crippen molar-refractivity contribution < 1.29 is 14.9 Å². The Kier molecular flexibility index (Phi) is 5.98. The average molecular weight is 485 g/mol. The third kappa shape index (κ3) is 3.03. The molecule has 0 bridgehead atoms. The molecule has 5 aliphatic carbocycles. The summed E-state index contributed by atoms with van der Waals surface area (Å²) >= 11 is 0. The number of methoxy groups -OCH3 is 1. The molecule has 0 aliphatic heterocycles. The van der Waals surface area contributed by atoms with Gasteiger partial charge in [0.15, 0.2) is 0 Å². The molecular weight excluding hydrogens is 432 g/mol. The second-order valence-corrected chi connectivity index (χ2v) is 14.7. The molecule has 11 atom stereocenters. The van der Waals surface area contributed by atoms with Crippen LogP contribution in [0.25, 0.3) is 0 Å². The highest BCUT2D eigenvalue weighted by atomic mass is 16.5. The van der Waals surface area contributed by atoms with E-state index >= 15 is 0 Å². The largest absolute Gasteiger partial charge is 0.501 e. The highest BCUT2D eigenvalue weighted by molar-refractivity contribution is 5.25. The van der Waals surface area contributed by atoms with Crippen LogP contribution in [0, 0.1) is 56.7 Å². The Hall–Kier alpha value is -0.800. The van der Waals surface area contributed by atoms with Gasteiger partial charge >= 0.3 is 0 Å². The lowest BCUT2D eigenvalue weighted by Crippen LogP contribution is -2.67. The molecule has 0 spiro atoms. The first-order valence-corrected chi connectivity index (χ1v) is 14.5. The van der Waals surface area contributed by atoms with Crippen LogP contribution in [-0.2, 0) is 4.74 Å². The van der Waals surface area contributed by atoms with Gasteiger partial charge in [0.05, 0.1) is 25.6 Å². The van der Waals surface area contributed by atoms with Gasteiger partial charge in [0.1, 0.15) is 0 Å². The fraction of sp³-hybridized carbons (Fsp3) is 0.875. The Morgan fingerprint density at radius 2 is 1.57 bits per heavy atom. The first-order valence-electron chi connectivity index (χ1n) is 14.5. The highest BCUT2D eigenvalue weighted by Crippen LogP contribution is 2.78. The summed E-state index contributed by atoms with van der Waals surface area (Å²) in [6.07, 6.45) is 11.3. The summed E-state index contributed by atoms with van der Waals surface area (Å²) in [5.41, 5.74) is 1.84. The van der Waals surface area contributed by atoms with Crippen LogP contribution in [0.1, 0.15) is 98.8 Å². The lowest BCUT2D eigenvalue weighted by atomic mass is 9.32. The minimum Gasteiger partial charge on any atom is -0.501 e. The first-order chi connectivity index (χ1) is 16.4. The number of hydrogen-bond donors (Lipinski definition) is 2. The van der Waals surface area contributed by atoms with Gasteiger partial charge in [-0.2, -0.15) is 0 Å². The van der Waals surface area contributed by atoms with Crippen LogP contribution in [-0.4, -0.2) is 30.0 Å². The Morgan fingerprint density at radius 1 is 0.857 bits per heavy atom. The van der Waals surface area contributed by atoms with Gasteiger partial charge in [-0.1, -0.05) is 46.4 Å². The molecule has 5 fully saturated rings. The second-order valence-electron chi connectivity index (χ2n) is 14.7. The molecule has 0 heterocycles. The molecule has 0 aromatic heterocycles. The Balaban J connectivity index is 1.56. The Bertz CT molecular complexity index is 895. The summed E-state index contributed by atoms with van der Waals surface area (Å²) in [5.74, 6) is 3.90. The number of ether oxygens (including phenoxy) is 1. The van der Waals surface area contributed by atoms with E-state index in [-0.39, 0.29) is 39.8 Å². The molecule has 2 N–H and O–H groups in total. The molecule has 5 saturated carbocycles. The van der Waals surface area contributed by atoms with Crippen LogP contribution < -0.4 is 0 Å². The van der Waals surface area contributed by atoms with Gasteiger partial charge in [-0.25, -0.2) is 0 Å². The molecule has 3 nitrogen and oxygen atoms in total. The molecule has 5 rings (SSSR count). The van der Waals surface area contributed by atoms with Gasteiger partial charge in [0.25, 0.3) is 0 Å². The van der Waals surface area contributed by atoms with E-state index in [9.17, 15) is 10.2 Å². The maximum Gasteiger partial charge on any atom is 0.0948 e. The lowest BCUT2D eigenvalue weighted by molar-refractivity contribution is -0.253. The first kappa shape index (κ1) is 25.8. The van der Waals surface area contributed by atoms with E-state index in [1.54, 1.807) is 0 Å². The molecule has 35 heavy (non-hydrogen) atoms. The summed E-state index contributed by atoms with van der Waals surface area (Å²) in [7, 11) is 1.83. The minimum absolute atomic E-state index is 0.0990. The van der Waals surface area contributed by atoms with Gasteiger partial charge in [-0.05, 0) is 117 Å². The molecule has 198 valence electrons. The van der Waals surface area contributed by atoms with Crippen molar-refractivity contribution in [3.8, 4) is 0 Å². The van der Waals surface area contributed by atoms with Gasteiger partial charge in [0, 0.05) is 10.8 Å². The van der Waals surface area contributed by atoms with Crippen molar-refractivity contribution in [1.29, 1.82) is 0 Å². The standard InChI is InChI=1S/C32H52O3/c1-20(2)22-11-16-32(21(3)35-8)18-17-30(6)23(27(22)32)9-10-25-28(4)14-13-26(34)29(5,19-33)24(28)12-15-31(25,30)7/h22-27,33-34H,1,3,9-19H2,2,4-8H3/t22?,23?,24-,25?,26+,27?,28+,29+,30-,31-,32-/m1/s1. The van der Waals surface area contributed by atoms with Gasteiger partial charge in [0.2, 0.25) is 0 Å². The smallest absolute Gasteiger partial charge is 0.0948 e. The van der Waals surface area contributed by atoms with Crippen LogP contribution >= 0.6 is 0 Å². The predicted molar refractivity (Wildman–Crippen MR) is 143 cm³/mol. The number of rotatable bonds is 4. The molecule has 0 amide bonds. The van der Waals surface area contributed by atoms with E-state index in [1.165, 1.54) is 50.5 Å². The summed E-state index contributed by atoms with van der Waals surface area (Å²) in [6.45, 7) is 21.3. The van der Waals surface area contributed by atoms with Crippen LogP contribution in [0.4, 0.5) is 0 Å². The molecule has 0 aromatic carbocycles. The van der Waals surface area contributed by atoms with Crippen molar-refractivity contribution in [3.63, 3.8) is 0 Å². The predicted octanol–water partition coefficient (Wildman–Crippen LogP) is 7.14. The minimum atomic E-state index is -0.382. The zero-order valence-corrected chi connectivity index (χ0v) is 23.5. The third-order valence-electron chi connectivity index (χ3n) is 14.0. The van der Waals surface area contributed by atoms with Crippen molar-refractivity contribution >= 4 is 0 Å². The monoisotopic (exact) mass is 484 g/mol. The van der Waals surface area contributed by atoms with E-state index in [1.807, 2.05) is 7.11 Å². The molecule has 3 heteroatoms. The molecular formula is C32H52O3. The molecule has 4 unspecified atom stereocenters. The van der Waals surface area contributed by atoms with Crippen molar-refractivity contribution in [2.24, 2.45) is 56.7 Å². The third-order valence-corrected chi connectivity index (χ3v) is 14.0. The quantitative estimate of drug-likeness (QED) is 0.329. The van der Waals surface area contributed by atoms with Crippen molar-refractivity contribution in [2.75, 3.05) is 13.7 Å². The SMILES string of the molecule is C=C(C)C1CC[C@]2(C(=C)OC)CC[C@]3(C)C(CCC4[C@@]5(C)CC[C@H](O)[C@@](C)(CO)[C@@H]5CC[C@]43C)C12. The van der Waals surface area contributed by atoms with E-state index in [0.717, 1.165) is 25.0 Å². The number of allylic oxidation sites excluding steroid dienone is 2. The van der Waals surface area contributed by atoms with E-state index in [4.69, 9.17) is 4.74 Å². The van der Waals surface area contributed by atoms with Crippen LogP contribution in [0.3, 0.4) is 0 Å². The van der Waals surface area contributed by atoms with Gasteiger partial charge in [-0.15, -0.1) is 0 Å². The summed E-state index contributed by atoms with van der Waals surface area (Å²) < 4.78 is 5.93. The summed E-state index contributed by atoms with van der Waals surface area (Å²) in [4.78, 5) is 0. The summed E-state index contributed by atoms with van der Waals surface area (Å²) in [5, 5.41) is 21.5. The normalized spacial score (nSPS) is 55.2. The zero-order valence-electron chi connectivity index (χ0n) is 23.5. The van der Waals surface area contributed by atoms with Crippen molar-refractivity contribution in [3.05, 3.63) is 24.5 Å². The number of fused-ring (bicyclic) bond motifs is 7. The molecule has 0 radical (unpaired) electrons. The maximum atomic E-state index is 11.0. The fourth-order valence-corrected chi connectivity index (χ4v) is 11.8. The van der Waals surface area contributed by atoms with Crippen LogP contribution in [0.2, 0.25) is 0 Å². The Labute approximate surface area is 214 Å². The van der Waals surface area contributed by atoms with Crippen LogP contribution in [0.5, 0.6) is 0 Å². The lowest BCUT2D eigenvalue weighted by Gasteiger charge is -2.73. The van der Waals surface area contributed by atoms with Gasteiger partial charge < -0.3 is 14.9 Å². The van der Waals surface area contributed by atoms with E-state index in [0.29, 0.717) is 29.6 Å². The van der Waals surface area contributed by atoms with Crippen molar-refractivity contribution in [2.45, 2.75) is 105 Å². The topological polar surface area (TPSA) is 49.7 Å². The zero-order chi connectivity index (χ0) is 25.6. The van der Waals surface area contributed by atoms with E-state index < -0.39 is 0 Å². The molecule has 0 saturated heterocycles. The second kappa shape index (κ2) is 8.10. The fourth-order valence-electron chi connectivity index (χ4n) is 11.8. The van der Waals surface area contributed by atoms with E-state index in [2.05, 4.69) is 47.8 Å². The maximum absolute atomic E-state index is 11.0.